The van der Waals surface area contributed by atoms with Gasteiger partial charge in [0.1, 0.15) is 19.8 Å². The van der Waals surface area contributed by atoms with Gasteiger partial charge in [-0.05, 0) is 51.4 Å². The van der Waals surface area contributed by atoms with Gasteiger partial charge in [-0.1, -0.05) is 184 Å². The molecule has 0 aromatic heterocycles. The Bertz CT molecular complexity index is 1150. The molecular weight excluding hydrogens is 762 g/mol. The van der Waals surface area contributed by atoms with Crippen molar-refractivity contribution in [3.8, 4) is 0 Å². The second kappa shape index (κ2) is 41.3. The molecule has 0 aromatic carbocycles. The molecule has 2 atom stereocenters. The fourth-order valence-electron chi connectivity index (χ4n) is 6.36. The number of hydrogen-bond donors (Lipinski definition) is 1. The quantitative estimate of drug-likeness (QED) is 0.0212. The largest absolute Gasteiger partial charge is 0.472 e. The number of nitrogens with zero attached hydrogens (tertiary/aromatic N) is 1. The highest BCUT2D eigenvalue weighted by atomic mass is 31.2. The van der Waals surface area contributed by atoms with Crippen LogP contribution >= 0.6 is 7.82 Å². The highest BCUT2D eigenvalue weighted by Gasteiger charge is 2.27. The van der Waals surface area contributed by atoms with Gasteiger partial charge in [-0.25, -0.2) is 4.57 Å². The van der Waals surface area contributed by atoms with E-state index < -0.39 is 32.5 Å². The van der Waals surface area contributed by atoms with Gasteiger partial charge in [0.15, 0.2) is 6.10 Å². The molecule has 0 heterocycles. The molecule has 1 N–H and O–H groups in total. The van der Waals surface area contributed by atoms with E-state index in [4.69, 9.17) is 18.5 Å². The number of unbranched alkanes of at least 4 members (excludes halogenated alkanes) is 21. The van der Waals surface area contributed by atoms with Crippen molar-refractivity contribution in [2.45, 2.75) is 206 Å². The van der Waals surface area contributed by atoms with E-state index in [1.807, 2.05) is 21.1 Å². The third-order valence-corrected chi connectivity index (χ3v) is 11.1. The Hall–Kier alpha value is -2.03. The first-order chi connectivity index (χ1) is 28.5. The van der Waals surface area contributed by atoms with Crippen molar-refractivity contribution in [1.29, 1.82) is 0 Å². The van der Waals surface area contributed by atoms with Crippen molar-refractivity contribution in [1.82, 2.24) is 0 Å². The van der Waals surface area contributed by atoms with Gasteiger partial charge < -0.3 is 18.9 Å². The van der Waals surface area contributed by atoms with Gasteiger partial charge in [-0.2, -0.15) is 0 Å². The van der Waals surface area contributed by atoms with Gasteiger partial charge in [0, 0.05) is 12.8 Å². The lowest BCUT2D eigenvalue weighted by Gasteiger charge is -2.24. The fraction of sp³-hybridized carbons (Fsp3) is 0.796. The number of carbonyl (C=O) groups is 2. The van der Waals surface area contributed by atoms with Crippen LogP contribution < -0.4 is 0 Å². The summed E-state index contributed by atoms with van der Waals surface area (Å²) in [4.78, 5) is 35.4. The van der Waals surface area contributed by atoms with Crippen molar-refractivity contribution < 1.29 is 42.1 Å². The zero-order chi connectivity index (χ0) is 43.6. The maximum Gasteiger partial charge on any atom is 0.472 e. The van der Waals surface area contributed by atoms with Crippen molar-refractivity contribution in [2.75, 3.05) is 47.5 Å². The van der Waals surface area contributed by atoms with Crippen LogP contribution in [0.5, 0.6) is 0 Å². The van der Waals surface area contributed by atoms with Crippen molar-refractivity contribution >= 4 is 19.8 Å². The molecule has 1 unspecified atom stereocenters. The molecule has 0 aliphatic rings. The molecule has 0 fully saturated rings. The minimum absolute atomic E-state index is 0.0262. The second-order valence-corrected chi connectivity index (χ2v) is 18.6. The standard InChI is InChI=1S/C49H90NO8P/c1-6-8-10-12-14-16-18-20-22-24-26-28-30-32-34-36-38-40-42-49(52)58-47(46-57-59(53,54)56-44-43-50(3,4)5)45-55-48(51)41-39-37-35-33-31-29-27-25-23-21-19-17-15-13-11-9-7-2/h11,13,17,19,23,25,29,31,47H,6-10,12,14-16,18,20-22,24,26-28,30,32-46H2,1-5H3/p+1/b13-11+,19-17+,25-23+,31-29+/t47-/m1/s1. The lowest BCUT2D eigenvalue weighted by atomic mass is 10.0. The number of esters is 2. The first kappa shape index (κ1) is 57.0. The van der Waals surface area contributed by atoms with Crippen LogP contribution in [0.15, 0.2) is 48.6 Å². The number of likely N-dealkylation sites (N-methyl/N-ethyl adjacent to an activating group) is 1. The van der Waals surface area contributed by atoms with E-state index in [0.717, 1.165) is 57.8 Å². The summed E-state index contributed by atoms with van der Waals surface area (Å²) in [7, 11) is 1.46. The smallest absolute Gasteiger partial charge is 0.462 e. The van der Waals surface area contributed by atoms with Crippen LogP contribution in [0.2, 0.25) is 0 Å². The lowest BCUT2D eigenvalue weighted by Crippen LogP contribution is -2.37. The number of allylic oxidation sites excluding steroid dienone is 8. The van der Waals surface area contributed by atoms with E-state index in [2.05, 4.69) is 62.5 Å². The van der Waals surface area contributed by atoms with Crippen LogP contribution in [0.1, 0.15) is 200 Å². The van der Waals surface area contributed by atoms with E-state index >= 15 is 0 Å². The summed E-state index contributed by atoms with van der Waals surface area (Å²) in [6.45, 7) is 4.33. The number of phosphoric ester groups is 1. The predicted molar refractivity (Wildman–Crippen MR) is 247 cm³/mol. The molecule has 0 spiro atoms. The van der Waals surface area contributed by atoms with Crippen molar-refractivity contribution in [3.05, 3.63) is 48.6 Å². The van der Waals surface area contributed by atoms with Gasteiger partial charge in [0.2, 0.25) is 0 Å². The summed E-state index contributed by atoms with van der Waals surface area (Å²) in [6, 6.07) is 0. The summed E-state index contributed by atoms with van der Waals surface area (Å²) in [6.07, 6.45) is 48.7. The number of hydrogen-bond acceptors (Lipinski definition) is 7. The molecule has 0 radical (unpaired) electrons. The number of ether oxygens (including phenoxy) is 2. The van der Waals surface area contributed by atoms with Gasteiger partial charge in [-0.3, -0.25) is 18.6 Å². The zero-order valence-electron chi connectivity index (χ0n) is 38.7. The average molecular weight is 853 g/mol. The molecule has 9 nitrogen and oxygen atoms in total. The summed E-state index contributed by atoms with van der Waals surface area (Å²) >= 11 is 0. The zero-order valence-corrected chi connectivity index (χ0v) is 39.6. The Morgan fingerprint density at radius 3 is 1.42 bits per heavy atom. The van der Waals surface area contributed by atoms with Crippen molar-refractivity contribution in [3.63, 3.8) is 0 Å². The van der Waals surface area contributed by atoms with Crippen LogP contribution in [0.3, 0.4) is 0 Å². The molecule has 344 valence electrons. The SMILES string of the molecule is CCC/C=C/C/C=C/C/C=C/C/C=C/CCCCCC(=O)OC[C@H](COP(=O)(O)OCC[N+](C)(C)C)OC(=O)CCCCCCCCCCCCCCCCCCCC. The van der Waals surface area contributed by atoms with Gasteiger partial charge >= 0.3 is 19.8 Å². The van der Waals surface area contributed by atoms with Crippen LogP contribution in [0.25, 0.3) is 0 Å². The Morgan fingerprint density at radius 2 is 0.949 bits per heavy atom. The molecule has 59 heavy (non-hydrogen) atoms. The van der Waals surface area contributed by atoms with E-state index in [1.165, 1.54) is 103 Å². The molecular formula is C49H91NO8P+. The Morgan fingerprint density at radius 1 is 0.525 bits per heavy atom. The van der Waals surface area contributed by atoms with E-state index in [-0.39, 0.29) is 26.1 Å². The minimum Gasteiger partial charge on any atom is -0.462 e. The van der Waals surface area contributed by atoms with Gasteiger partial charge in [0.05, 0.1) is 27.7 Å². The Kier molecular flexibility index (Phi) is 39.9. The van der Waals surface area contributed by atoms with Crippen LogP contribution in [0, 0.1) is 0 Å². The topological polar surface area (TPSA) is 108 Å². The molecule has 0 saturated heterocycles. The van der Waals surface area contributed by atoms with Gasteiger partial charge in [0.25, 0.3) is 0 Å². The first-order valence-corrected chi connectivity index (χ1v) is 25.4. The van der Waals surface area contributed by atoms with Crippen LogP contribution in [0.4, 0.5) is 0 Å². The van der Waals surface area contributed by atoms with Crippen LogP contribution in [-0.2, 0) is 32.7 Å². The van der Waals surface area contributed by atoms with E-state index in [9.17, 15) is 19.0 Å². The summed E-state index contributed by atoms with van der Waals surface area (Å²) in [5.74, 6) is -0.830. The molecule has 0 aliphatic heterocycles. The third-order valence-electron chi connectivity index (χ3n) is 10.1. The minimum atomic E-state index is -4.38. The van der Waals surface area contributed by atoms with Crippen molar-refractivity contribution in [2.24, 2.45) is 0 Å². The molecule has 0 bridgehead atoms. The molecule has 0 saturated carbocycles. The number of quaternary nitrogens is 1. The Balaban J connectivity index is 4.35. The number of rotatable bonds is 43. The Labute approximate surface area is 363 Å². The monoisotopic (exact) mass is 853 g/mol. The number of carbonyl (C=O) groups excluding carboxylic acids is 2. The third kappa shape index (κ3) is 45.3. The first-order valence-electron chi connectivity index (χ1n) is 23.9. The lowest BCUT2D eigenvalue weighted by molar-refractivity contribution is -0.870. The molecule has 0 amide bonds. The molecule has 0 aromatic rings. The molecule has 10 heteroatoms. The summed E-state index contributed by atoms with van der Waals surface area (Å²) < 4.78 is 34.4. The predicted octanol–water partition coefficient (Wildman–Crippen LogP) is 13.9. The van der Waals surface area contributed by atoms with E-state index in [0.29, 0.717) is 23.9 Å². The summed E-state index contributed by atoms with van der Waals surface area (Å²) in [5.41, 5.74) is 0. The normalized spacial score (nSPS) is 13.9. The number of phosphoric acid groups is 1. The van der Waals surface area contributed by atoms with E-state index in [1.54, 1.807) is 0 Å². The second-order valence-electron chi connectivity index (χ2n) is 17.1. The average Bonchev–Trinajstić information content (AvgIpc) is 3.19. The van der Waals surface area contributed by atoms with Gasteiger partial charge in [-0.15, -0.1) is 0 Å². The highest BCUT2D eigenvalue weighted by Crippen LogP contribution is 2.43. The molecule has 0 rings (SSSR count). The summed E-state index contributed by atoms with van der Waals surface area (Å²) in [5, 5.41) is 0. The van der Waals surface area contributed by atoms with Crippen LogP contribution in [-0.4, -0.2) is 74.9 Å². The maximum atomic E-state index is 12.7. The highest BCUT2D eigenvalue weighted by molar-refractivity contribution is 7.47. The fourth-order valence-corrected chi connectivity index (χ4v) is 7.10. The maximum absolute atomic E-state index is 12.7. The molecule has 0 aliphatic carbocycles.